The third-order valence-electron chi connectivity index (χ3n) is 23.3. The van der Waals surface area contributed by atoms with Gasteiger partial charge in [0.2, 0.25) is 49.7 Å². The number of nitrogens with zero attached hydrogens (tertiary/aromatic N) is 13. The molecule has 6 aromatic heterocycles. The molecule has 0 radical (unpaired) electrons. The number of rotatable bonds is 30. The number of benzene rings is 4. The second-order valence-electron chi connectivity index (χ2n) is 30.6. The summed E-state index contributed by atoms with van der Waals surface area (Å²) in [5.74, 6) is -3.59. The van der Waals surface area contributed by atoms with Crippen LogP contribution in [0.2, 0.25) is 0 Å². The van der Waals surface area contributed by atoms with Crippen molar-refractivity contribution < 1.29 is 64.8 Å². The van der Waals surface area contributed by atoms with Crippen LogP contribution in [0.4, 0.5) is 23.3 Å². The van der Waals surface area contributed by atoms with E-state index in [1.54, 1.807) is 111 Å². The van der Waals surface area contributed by atoms with Gasteiger partial charge in [0, 0.05) is 128 Å². The Morgan fingerprint density at radius 3 is 1.54 bits per heavy atom. The smallest absolute Gasteiger partial charge is 0.262 e. The van der Waals surface area contributed by atoms with E-state index in [1.165, 1.54) is 15.7 Å². The predicted molar refractivity (Wildman–Crippen MR) is 439 cm³/mol. The number of unbranched alkanes of at least 4 members (excludes halogenated alkanes) is 4. The molecule has 7 N–H and O–H groups in total. The summed E-state index contributed by atoms with van der Waals surface area (Å²) in [7, 11) is -5.19. The van der Waals surface area contributed by atoms with Crippen LogP contribution < -0.4 is 26.6 Å². The minimum Gasteiger partial charge on any atom is -0.352 e. The first-order chi connectivity index (χ1) is 57.2. The molecule has 119 heavy (non-hydrogen) atoms. The van der Waals surface area contributed by atoms with E-state index in [-0.39, 0.29) is 71.6 Å². The van der Waals surface area contributed by atoms with Gasteiger partial charge in [-0.15, -0.1) is 0 Å². The summed E-state index contributed by atoms with van der Waals surface area (Å²) in [6.07, 6.45) is 18.5. The SMILES string of the molecule is CCC1(n2cc(-c3nc(Nc4ccc(C(=O)NCCCCCc5ccc6c(c5)C(=O)N(C5CCC(=O)NC5=O)C6=O)cc4)nc4[nH]ccc34)cn2)CN(S(=O)(=O)CC)C1.CCC1(n2cc(-c3nc(Nc4ccc(C(=O)NCCCCCc5cccc6c5C(=O)N(C5CCC(=O)N(C)C5=O)C6=O)cc4)nc4[nH]ccc34)cn2)CN(S(=O)(=O)CC)C1. The molecule has 0 saturated carbocycles. The van der Waals surface area contributed by atoms with Crippen LogP contribution in [0.3, 0.4) is 0 Å². The van der Waals surface area contributed by atoms with Gasteiger partial charge in [0.1, 0.15) is 23.4 Å². The lowest BCUT2D eigenvalue weighted by Crippen LogP contribution is -2.64. The average Bonchev–Trinajstić information content (AvgIpc) is 1.74. The number of fused-ring (bicyclic) bond motifs is 4. The molecule has 36 heteroatoms. The summed E-state index contributed by atoms with van der Waals surface area (Å²) in [6, 6.07) is 26.1. The van der Waals surface area contributed by atoms with Crippen molar-refractivity contribution >= 4 is 124 Å². The number of hydrogen-bond acceptors (Lipinski definition) is 22. The lowest BCUT2D eigenvalue weighted by molar-refractivity contribution is -0.149. The lowest BCUT2D eigenvalue weighted by atomic mass is 9.89. The fraction of sp³-hybridized carbons (Fsp3) is 0.373. The highest BCUT2D eigenvalue weighted by Gasteiger charge is 2.51. The molecule has 618 valence electrons. The summed E-state index contributed by atoms with van der Waals surface area (Å²) in [5, 5.41) is 25.5. The Bertz CT molecular complexity index is 5950. The molecule has 0 spiro atoms. The van der Waals surface area contributed by atoms with Crippen molar-refractivity contribution in [2.45, 2.75) is 141 Å². The molecule has 2 unspecified atom stereocenters. The Labute approximate surface area is 684 Å². The summed E-state index contributed by atoms with van der Waals surface area (Å²) in [4.78, 5) is 156. The number of imide groups is 4. The molecular weight excluding hydrogens is 1570 g/mol. The van der Waals surface area contributed by atoms with E-state index in [9.17, 15) is 64.8 Å². The Kier molecular flexibility index (Phi) is 22.9. The minimum absolute atomic E-state index is 0.0611. The van der Waals surface area contributed by atoms with Crippen molar-refractivity contribution in [1.29, 1.82) is 0 Å². The number of likely N-dealkylation sites (N-methyl/N-ethyl adjacent to an activating group) is 1. The van der Waals surface area contributed by atoms with Crippen LogP contribution in [0.1, 0.15) is 178 Å². The normalized spacial score (nSPS) is 17.9. The Morgan fingerprint density at radius 2 is 1.03 bits per heavy atom. The number of H-pyrrole nitrogens is 2. The second kappa shape index (κ2) is 33.5. The molecule has 10 amide bonds. The fourth-order valence-corrected chi connectivity index (χ4v) is 18.6. The number of likely N-dealkylation sites (tertiary alicyclic amines) is 1. The van der Waals surface area contributed by atoms with Crippen LogP contribution in [-0.2, 0) is 63.1 Å². The highest BCUT2D eigenvalue weighted by Crippen LogP contribution is 2.40. The molecule has 6 aliphatic rings. The van der Waals surface area contributed by atoms with E-state index >= 15 is 0 Å². The number of aromatic amines is 2. The molecule has 6 aliphatic heterocycles. The van der Waals surface area contributed by atoms with Crippen LogP contribution in [0.15, 0.2) is 134 Å². The van der Waals surface area contributed by atoms with Gasteiger partial charge in [-0.05, 0) is 168 Å². The molecule has 16 rings (SSSR count). The first-order valence-electron chi connectivity index (χ1n) is 40.0. The van der Waals surface area contributed by atoms with Gasteiger partial charge in [-0.2, -0.15) is 28.8 Å². The van der Waals surface area contributed by atoms with E-state index < -0.39 is 84.6 Å². The molecule has 0 aliphatic carbocycles. The predicted octanol–water partition coefficient (Wildman–Crippen LogP) is 8.10. The fourth-order valence-electron chi connectivity index (χ4n) is 16.1. The Hall–Kier alpha value is -12.5. The molecule has 2 atom stereocenters. The molecule has 12 heterocycles. The highest BCUT2D eigenvalue weighted by molar-refractivity contribution is 7.89. The van der Waals surface area contributed by atoms with Gasteiger partial charge in [0.15, 0.2) is 0 Å². The van der Waals surface area contributed by atoms with Crippen LogP contribution in [0.25, 0.3) is 44.6 Å². The summed E-state index contributed by atoms with van der Waals surface area (Å²) in [5.41, 5.74) is 8.38. The maximum absolute atomic E-state index is 13.5. The zero-order valence-corrected chi connectivity index (χ0v) is 67.9. The Balaban J connectivity index is 0.000000186. The highest BCUT2D eigenvalue weighted by atomic mass is 32.2. The number of carbonyl (C=O) groups excluding carboxylic acids is 10. The summed E-state index contributed by atoms with van der Waals surface area (Å²) >= 11 is 0. The van der Waals surface area contributed by atoms with Gasteiger partial charge in [-0.1, -0.05) is 44.9 Å². The maximum Gasteiger partial charge on any atom is 0.262 e. The number of sulfonamides is 2. The molecule has 4 fully saturated rings. The number of aryl methyl sites for hydroxylation is 2. The standard InChI is InChI=1S/C42H46N10O7S.C41H44N10O7S/c1-4-42(24-50(25-42)60(58,59)5-2)51-23-28(22-45-51)35-31-19-21-43-36(31)48-41(47-35)46-29-15-13-27(14-16-29)37(54)44-20-8-6-7-10-26-11-9-12-30-34(26)40(57)52(38(30)55)32-17-18-33(53)49(3)39(32)56;1-3-41(23-49(24-41)59(57,58)4-2)50-22-27(21-44-50)34-30-17-19-42-35(30)48-40(47-34)45-28-12-10-26(11-13-28)36(53)43-18-7-5-6-8-25-9-14-29-31(20-25)39(56)51(38(29)55)32-15-16-33(52)46-37(32)54/h9,11-16,19,21-23,32H,4-8,10,17-18,20,24-25H2,1-3H3,(H,44,54)(H2,43,46,47,48);9-14,17,19-22,32H,3-8,15-16,18,23-24H2,1-2H3,(H,43,53)(H,46,52,54)(H2,42,45,47,48). The number of hydrogen-bond donors (Lipinski definition) is 7. The molecule has 0 bridgehead atoms. The van der Waals surface area contributed by atoms with Gasteiger partial charge in [0.25, 0.3) is 41.4 Å². The van der Waals surface area contributed by atoms with Gasteiger partial charge in [0.05, 0.1) is 68.6 Å². The Morgan fingerprint density at radius 1 is 0.529 bits per heavy atom. The van der Waals surface area contributed by atoms with Crippen molar-refractivity contribution in [3.8, 4) is 22.5 Å². The van der Waals surface area contributed by atoms with Crippen molar-refractivity contribution in [3.63, 3.8) is 0 Å². The number of amides is 10. The van der Waals surface area contributed by atoms with Gasteiger partial charge in [-0.3, -0.25) is 77.3 Å². The van der Waals surface area contributed by atoms with Crippen molar-refractivity contribution in [3.05, 3.63) is 179 Å². The van der Waals surface area contributed by atoms with Crippen LogP contribution >= 0.6 is 0 Å². The van der Waals surface area contributed by atoms with Gasteiger partial charge in [-0.25, -0.2) is 26.8 Å². The first kappa shape index (κ1) is 81.6. The molecule has 34 nitrogen and oxygen atoms in total. The molecular formula is C83H90N20O14S2. The van der Waals surface area contributed by atoms with E-state index in [0.717, 1.165) is 92.7 Å². The topological polar surface area (TPSA) is 434 Å². The van der Waals surface area contributed by atoms with E-state index in [1.807, 2.05) is 59.9 Å². The number of anilines is 4. The van der Waals surface area contributed by atoms with Crippen molar-refractivity contribution in [1.82, 2.24) is 88.7 Å². The van der Waals surface area contributed by atoms with E-state index in [4.69, 9.17) is 9.97 Å². The first-order valence-corrected chi connectivity index (χ1v) is 43.2. The van der Waals surface area contributed by atoms with Crippen molar-refractivity contribution in [2.24, 2.45) is 0 Å². The number of aromatic nitrogens is 10. The van der Waals surface area contributed by atoms with Crippen LogP contribution in [0.5, 0.6) is 0 Å². The quantitative estimate of drug-likeness (QED) is 0.0165. The average molecular weight is 1660 g/mol. The summed E-state index contributed by atoms with van der Waals surface area (Å²) < 4.78 is 56.4. The van der Waals surface area contributed by atoms with E-state index in [0.29, 0.717) is 121 Å². The van der Waals surface area contributed by atoms with E-state index in [2.05, 4.69) is 56.7 Å². The summed E-state index contributed by atoms with van der Waals surface area (Å²) in [6.45, 7) is 9.77. The van der Waals surface area contributed by atoms with Gasteiger partial charge >= 0.3 is 0 Å². The number of nitrogens with one attached hydrogen (secondary N) is 7. The maximum atomic E-state index is 13.5. The zero-order valence-electron chi connectivity index (χ0n) is 66.3. The van der Waals surface area contributed by atoms with Crippen LogP contribution in [-0.4, -0.2) is 219 Å². The second-order valence-corrected chi connectivity index (χ2v) is 35.2. The zero-order chi connectivity index (χ0) is 83.8. The lowest BCUT2D eigenvalue weighted by Gasteiger charge is -2.48. The largest absolute Gasteiger partial charge is 0.352 e. The third kappa shape index (κ3) is 16.1. The number of piperidine rings is 2. The minimum atomic E-state index is -3.28. The van der Waals surface area contributed by atoms with Gasteiger partial charge < -0.3 is 31.2 Å². The monoisotopic (exact) mass is 1650 g/mol. The molecule has 4 saturated heterocycles. The van der Waals surface area contributed by atoms with Crippen LogP contribution in [0, 0.1) is 0 Å². The number of carbonyl (C=O) groups is 10. The molecule has 10 aromatic rings. The molecule has 4 aromatic carbocycles. The van der Waals surface area contributed by atoms with Crippen molar-refractivity contribution in [2.75, 3.05) is 68.5 Å². The third-order valence-corrected chi connectivity index (χ3v) is 26.9.